The highest BCUT2D eigenvalue weighted by Gasteiger charge is 2.37. The summed E-state index contributed by atoms with van der Waals surface area (Å²) >= 11 is 11.7. The second-order valence-electron chi connectivity index (χ2n) is 4.79. The molecule has 0 amide bonds. The van der Waals surface area contributed by atoms with Crippen LogP contribution in [0, 0.1) is 0 Å². The molecule has 1 saturated carbocycles. The zero-order chi connectivity index (χ0) is 13.6. The van der Waals surface area contributed by atoms with Crippen LogP contribution in [0.5, 0.6) is 0 Å². The van der Waals surface area contributed by atoms with Crippen molar-refractivity contribution in [2.24, 2.45) is 0 Å². The van der Waals surface area contributed by atoms with Crippen molar-refractivity contribution in [2.75, 3.05) is 5.73 Å². The van der Waals surface area contributed by atoms with Crippen LogP contribution in [0.25, 0.3) is 0 Å². The lowest BCUT2D eigenvalue weighted by Gasteiger charge is -2.38. The van der Waals surface area contributed by atoms with E-state index in [0.29, 0.717) is 0 Å². The molecule has 0 aromatic heterocycles. The predicted molar refractivity (Wildman–Crippen MR) is 73.5 cm³/mol. The van der Waals surface area contributed by atoms with Crippen LogP contribution in [0.15, 0.2) is 17.0 Å². The van der Waals surface area contributed by atoms with E-state index < -0.39 is 10.0 Å². The van der Waals surface area contributed by atoms with Crippen LogP contribution in [0.3, 0.4) is 0 Å². The van der Waals surface area contributed by atoms with Gasteiger partial charge in [-0.1, -0.05) is 23.2 Å². The number of hydrogen-bond acceptors (Lipinski definition) is 3. The molecule has 1 aliphatic carbocycles. The summed E-state index contributed by atoms with van der Waals surface area (Å²) in [5, 5.41) is 0.215. The molecule has 4 nitrogen and oxygen atoms in total. The number of nitrogen functional groups attached to an aromatic ring is 1. The molecule has 0 atom stereocenters. The minimum Gasteiger partial charge on any atom is -0.396 e. The van der Waals surface area contributed by atoms with Gasteiger partial charge in [-0.2, -0.15) is 0 Å². The van der Waals surface area contributed by atoms with Crippen LogP contribution < -0.4 is 10.5 Å². The number of sulfonamides is 1. The average molecular weight is 309 g/mol. The maximum Gasteiger partial charge on any atom is 0.242 e. The fourth-order valence-corrected chi connectivity index (χ4v) is 4.18. The van der Waals surface area contributed by atoms with Gasteiger partial charge in [0, 0.05) is 5.54 Å². The number of nitrogens with two attached hydrogens (primary N) is 1. The summed E-state index contributed by atoms with van der Waals surface area (Å²) in [6.45, 7) is 1.88. The molecule has 0 bridgehead atoms. The Hall–Kier alpha value is -0.490. The molecular weight excluding hydrogens is 295 g/mol. The summed E-state index contributed by atoms with van der Waals surface area (Å²) in [7, 11) is -3.67. The first kappa shape index (κ1) is 13.9. The van der Waals surface area contributed by atoms with Gasteiger partial charge in [-0.05, 0) is 38.3 Å². The summed E-state index contributed by atoms with van der Waals surface area (Å²) in [4.78, 5) is -0.0285. The SMILES string of the molecule is CC1(NS(=O)(=O)c2ccc(Cl)c(N)c2Cl)CCC1. The van der Waals surface area contributed by atoms with Crippen molar-refractivity contribution in [1.29, 1.82) is 0 Å². The van der Waals surface area contributed by atoms with Crippen LogP contribution in [0.4, 0.5) is 5.69 Å². The first-order valence-corrected chi connectivity index (χ1v) is 7.77. The van der Waals surface area contributed by atoms with E-state index in [9.17, 15) is 8.42 Å². The van der Waals surface area contributed by atoms with Gasteiger partial charge in [0.2, 0.25) is 10.0 Å². The fourth-order valence-electron chi connectivity index (χ4n) is 1.95. The Morgan fingerprint density at radius 3 is 2.44 bits per heavy atom. The van der Waals surface area contributed by atoms with Crippen molar-refractivity contribution in [3.05, 3.63) is 22.2 Å². The number of nitrogens with one attached hydrogen (secondary N) is 1. The molecule has 3 N–H and O–H groups in total. The van der Waals surface area contributed by atoms with Crippen molar-refractivity contribution in [2.45, 2.75) is 36.6 Å². The van der Waals surface area contributed by atoms with Gasteiger partial charge in [0.05, 0.1) is 15.7 Å². The lowest BCUT2D eigenvalue weighted by atomic mass is 9.80. The van der Waals surface area contributed by atoms with Crippen molar-refractivity contribution in [1.82, 2.24) is 4.72 Å². The van der Waals surface area contributed by atoms with E-state index in [-0.39, 0.29) is 26.2 Å². The molecule has 1 aliphatic rings. The second kappa shape index (κ2) is 4.56. The van der Waals surface area contributed by atoms with Crippen LogP contribution in [-0.2, 0) is 10.0 Å². The monoisotopic (exact) mass is 308 g/mol. The van der Waals surface area contributed by atoms with Gasteiger partial charge in [0.1, 0.15) is 4.90 Å². The molecule has 18 heavy (non-hydrogen) atoms. The Bertz CT molecular complexity index is 583. The Balaban J connectivity index is 2.39. The molecule has 1 fully saturated rings. The van der Waals surface area contributed by atoms with Gasteiger partial charge in [-0.15, -0.1) is 0 Å². The third-order valence-corrected chi connectivity index (χ3v) is 5.75. The number of hydrogen-bond donors (Lipinski definition) is 2. The lowest BCUT2D eigenvalue weighted by Crippen LogP contribution is -2.50. The van der Waals surface area contributed by atoms with Gasteiger partial charge in [0.15, 0.2) is 0 Å². The maximum atomic E-state index is 12.2. The highest BCUT2D eigenvalue weighted by molar-refractivity contribution is 7.89. The molecule has 0 aliphatic heterocycles. The van der Waals surface area contributed by atoms with Gasteiger partial charge in [-0.3, -0.25) is 0 Å². The molecule has 1 aromatic carbocycles. The summed E-state index contributed by atoms with van der Waals surface area (Å²) in [5.74, 6) is 0. The number of halogens is 2. The van der Waals surface area contributed by atoms with E-state index in [1.807, 2.05) is 6.92 Å². The van der Waals surface area contributed by atoms with Gasteiger partial charge in [0.25, 0.3) is 0 Å². The van der Waals surface area contributed by atoms with E-state index in [1.165, 1.54) is 12.1 Å². The maximum absolute atomic E-state index is 12.2. The van der Waals surface area contributed by atoms with Crippen LogP contribution in [0.2, 0.25) is 10.0 Å². The van der Waals surface area contributed by atoms with Crippen LogP contribution in [0.1, 0.15) is 26.2 Å². The lowest BCUT2D eigenvalue weighted by molar-refractivity contribution is 0.248. The smallest absolute Gasteiger partial charge is 0.242 e. The van der Waals surface area contributed by atoms with E-state index >= 15 is 0 Å². The molecule has 0 heterocycles. The van der Waals surface area contributed by atoms with Crippen molar-refractivity contribution in [3.8, 4) is 0 Å². The predicted octanol–water partition coefficient (Wildman–Crippen LogP) is 2.80. The minimum atomic E-state index is -3.67. The summed E-state index contributed by atoms with van der Waals surface area (Å²) < 4.78 is 27.1. The highest BCUT2D eigenvalue weighted by atomic mass is 35.5. The van der Waals surface area contributed by atoms with Gasteiger partial charge >= 0.3 is 0 Å². The average Bonchev–Trinajstić information content (AvgIpc) is 2.23. The summed E-state index contributed by atoms with van der Waals surface area (Å²) in [6, 6.07) is 2.80. The largest absolute Gasteiger partial charge is 0.396 e. The Morgan fingerprint density at radius 2 is 1.94 bits per heavy atom. The minimum absolute atomic E-state index is 0.0285. The zero-order valence-electron chi connectivity index (χ0n) is 9.83. The van der Waals surface area contributed by atoms with Crippen molar-refractivity contribution < 1.29 is 8.42 Å². The van der Waals surface area contributed by atoms with E-state index in [4.69, 9.17) is 28.9 Å². The molecule has 1 aromatic rings. The quantitative estimate of drug-likeness (QED) is 0.843. The summed E-state index contributed by atoms with van der Waals surface area (Å²) in [6.07, 6.45) is 2.68. The highest BCUT2D eigenvalue weighted by Crippen LogP contribution is 2.36. The Kier molecular flexibility index (Phi) is 3.53. The first-order chi connectivity index (χ1) is 8.25. The van der Waals surface area contributed by atoms with E-state index in [2.05, 4.69) is 4.72 Å². The van der Waals surface area contributed by atoms with Crippen molar-refractivity contribution >= 4 is 38.9 Å². The second-order valence-corrected chi connectivity index (χ2v) is 7.23. The normalized spacial score (nSPS) is 18.4. The Morgan fingerprint density at radius 1 is 1.33 bits per heavy atom. The molecule has 0 radical (unpaired) electrons. The zero-order valence-corrected chi connectivity index (χ0v) is 12.2. The third-order valence-electron chi connectivity index (χ3n) is 3.22. The Labute approximate surface area is 117 Å². The number of rotatable bonds is 3. The molecule has 0 saturated heterocycles. The molecular formula is C11H14Cl2N2O2S. The fraction of sp³-hybridized carbons (Fsp3) is 0.455. The van der Waals surface area contributed by atoms with Gasteiger partial charge in [-0.25, -0.2) is 13.1 Å². The van der Waals surface area contributed by atoms with Crippen LogP contribution >= 0.6 is 23.2 Å². The number of benzene rings is 1. The standard InChI is InChI=1S/C11H14Cl2N2O2S/c1-11(5-2-6-11)15-18(16,17)8-4-3-7(12)10(14)9(8)13/h3-4,15H,2,5-6,14H2,1H3. The van der Waals surface area contributed by atoms with E-state index in [0.717, 1.165) is 19.3 Å². The molecule has 2 rings (SSSR count). The molecule has 100 valence electrons. The molecule has 7 heteroatoms. The van der Waals surface area contributed by atoms with Crippen molar-refractivity contribution in [3.63, 3.8) is 0 Å². The first-order valence-electron chi connectivity index (χ1n) is 5.53. The number of anilines is 1. The van der Waals surface area contributed by atoms with Gasteiger partial charge < -0.3 is 5.73 Å². The topological polar surface area (TPSA) is 72.2 Å². The molecule has 0 spiro atoms. The summed E-state index contributed by atoms with van der Waals surface area (Å²) in [5.41, 5.74) is 5.34. The third kappa shape index (κ3) is 2.45. The molecule has 0 unspecified atom stereocenters. The van der Waals surface area contributed by atoms with E-state index in [1.54, 1.807) is 0 Å². The van der Waals surface area contributed by atoms with Crippen LogP contribution in [-0.4, -0.2) is 14.0 Å².